The molecule has 0 aliphatic carbocycles. The molecule has 7 nitrogen and oxygen atoms in total. The zero-order valence-corrected chi connectivity index (χ0v) is 15.9. The van der Waals surface area contributed by atoms with Crippen molar-refractivity contribution in [2.75, 3.05) is 20.2 Å². The second-order valence-electron chi connectivity index (χ2n) is 7.50. The molecule has 2 N–H and O–H groups in total. The van der Waals surface area contributed by atoms with Crippen molar-refractivity contribution >= 4 is 12.0 Å². The molecular weight excluding hydrogens is 336 g/mol. The van der Waals surface area contributed by atoms with Gasteiger partial charge in [0.1, 0.15) is 17.1 Å². The van der Waals surface area contributed by atoms with Gasteiger partial charge in [0.2, 0.25) is 5.91 Å². The van der Waals surface area contributed by atoms with Crippen LogP contribution in [-0.2, 0) is 16.0 Å². The molecule has 1 aliphatic rings. The minimum atomic E-state index is -0.555. The van der Waals surface area contributed by atoms with Gasteiger partial charge >= 0.3 is 6.09 Å². The maximum absolute atomic E-state index is 12.7. The van der Waals surface area contributed by atoms with E-state index in [9.17, 15) is 14.7 Å². The number of nitrogens with zero attached hydrogens (tertiary/aromatic N) is 1. The first-order valence-corrected chi connectivity index (χ1v) is 8.81. The van der Waals surface area contributed by atoms with Gasteiger partial charge in [0, 0.05) is 24.7 Å². The molecule has 1 heterocycles. The van der Waals surface area contributed by atoms with Crippen molar-refractivity contribution in [2.24, 2.45) is 0 Å². The Morgan fingerprint density at radius 2 is 2.08 bits per heavy atom. The number of nitrogens with one attached hydrogen (secondary N) is 1. The number of hydrogen-bond donors (Lipinski definition) is 2. The molecular formula is C19H28N2O5. The highest BCUT2D eigenvalue weighted by Gasteiger charge is 2.27. The predicted molar refractivity (Wildman–Crippen MR) is 97.3 cm³/mol. The normalized spacial score (nSPS) is 17.5. The molecule has 1 aromatic carbocycles. The Hall–Kier alpha value is -2.44. The van der Waals surface area contributed by atoms with Crippen LogP contribution in [-0.4, -0.2) is 53.8 Å². The second-order valence-corrected chi connectivity index (χ2v) is 7.50. The molecule has 0 radical (unpaired) electrons. The summed E-state index contributed by atoms with van der Waals surface area (Å²) in [5.74, 6) is 0.595. The number of alkyl carbamates (subject to hydrolysis) is 1. The van der Waals surface area contributed by atoms with E-state index in [1.165, 1.54) is 19.2 Å². The summed E-state index contributed by atoms with van der Waals surface area (Å²) in [7, 11) is 1.53. The van der Waals surface area contributed by atoms with Crippen molar-refractivity contribution in [1.82, 2.24) is 10.2 Å². The van der Waals surface area contributed by atoms with E-state index in [0.29, 0.717) is 24.4 Å². The van der Waals surface area contributed by atoms with Crippen molar-refractivity contribution in [3.05, 3.63) is 23.8 Å². The van der Waals surface area contributed by atoms with Crippen LogP contribution in [0.2, 0.25) is 0 Å². The monoisotopic (exact) mass is 364 g/mol. The van der Waals surface area contributed by atoms with E-state index < -0.39 is 11.7 Å². The fraction of sp³-hybridized carbons (Fsp3) is 0.579. The van der Waals surface area contributed by atoms with Crippen molar-refractivity contribution in [3.63, 3.8) is 0 Å². The van der Waals surface area contributed by atoms with Gasteiger partial charge in [-0.3, -0.25) is 4.79 Å². The smallest absolute Gasteiger partial charge is 0.407 e. The van der Waals surface area contributed by atoms with E-state index >= 15 is 0 Å². The number of hydrogen-bond acceptors (Lipinski definition) is 5. The molecule has 0 spiro atoms. The van der Waals surface area contributed by atoms with Gasteiger partial charge in [-0.25, -0.2) is 4.79 Å². The number of ether oxygens (including phenoxy) is 2. The molecule has 0 saturated carbocycles. The van der Waals surface area contributed by atoms with Crippen molar-refractivity contribution in [3.8, 4) is 11.5 Å². The van der Waals surface area contributed by atoms with Gasteiger partial charge in [0.05, 0.1) is 13.5 Å². The zero-order valence-electron chi connectivity index (χ0n) is 15.9. The molecule has 1 aromatic rings. The molecule has 1 aliphatic heterocycles. The highest BCUT2D eigenvalue weighted by molar-refractivity contribution is 5.80. The van der Waals surface area contributed by atoms with E-state index in [1.807, 2.05) is 20.8 Å². The van der Waals surface area contributed by atoms with Gasteiger partial charge in [-0.2, -0.15) is 0 Å². The fourth-order valence-electron chi connectivity index (χ4n) is 2.97. The molecule has 2 amide bonds. The van der Waals surface area contributed by atoms with Crippen molar-refractivity contribution in [1.29, 1.82) is 0 Å². The summed E-state index contributed by atoms with van der Waals surface area (Å²) in [5, 5.41) is 12.5. The van der Waals surface area contributed by atoms with E-state index in [4.69, 9.17) is 9.47 Å². The fourth-order valence-corrected chi connectivity index (χ4v) is 2.97. The Morgan fingerprint density at radius 1 is 1.35 bits per heavy atom. The lowest BCUT2D eigenvalue weighted by Gasteiger charge is -2.33. The van der Waals surface area contributed by atoms with Gasteiger partial charge in [-0.15, -0.1) is 0 Å². The lowest BCUT2D eigenvalue weighted by atomic mass is 10.0. The number of phenols is 1. The van der Waals surface area contributed by atoms with Gasteiger partial charge in [0.25, 0.3) is 0 Å². The van der Waals surface area contributed by atoms with Crippen LogP contribution >= 0.6 is 0 Å². The van der Waals surface area contributed by atoms with Crippen LogP contribution in [0.1, 0.15) is 39.2 Å². The molecule has 7 heteroatoms. The first-order valence-electron chi connectivity index (χ1n) is 8.81. The molecule has 0 bridgehead atoms. The Morgan fingerprint density at radius 3 is 2.73 bits per heavy atom. The Kier molecular flexibility index (Phi) is 6.34. The van der Waals surface area contributed by atoms with E-state index in [0.717, 1.165) is 12.8 Å². The lowest BCUT2D eigenvalue weighted by Crippen LogP contribution is -2.50. The SMILES string of the molecule is COc1ccc(O)cc1CC(=O)N1CCC[C@H](NC(=O)OC(C)(C)C)C1. The highest BCUT2D eigenvalue weighted by atomic mass is 16.6. The molecule has 1 atom stereocenters. The third kappa shape index (κ3) is 5.82. The molecule has 2 rings (SSSR count). The molecule has 0 aromatic heterocycles. The van der Waals surface area contributed by atoms with Gasteiger partial charge in [0.15, 0.2) is 0 Å². The van der Waals surface area contributed by atoms with Crippen LogP contribution in [0.3, 0.4) is 0 Å². The molecule has 144 valence electrons. The maximum atomic E-state index is 12.7. The number of rotatable bonds is 4. The molecule has 1 fully saturated rings. The van der Waals surface area contributed by atoms with Gasteiger partial charge in [-0.05, 0) is 51.8 Å². The number of phenolic OH excluding ortho intramolecular Hbond substituents is 1. The average Bonchev–Trinajstić information content (AvgIpc) is 2.53. The second kappa shape index (κ2) is 8.29. The first kappa shape index (κ1) is 19.9. The van der Waals surface area contributed by atoms with Crippen molar-refractivity contribution in [2.45, 2.75) is 51.7 Å². The van der Waals surface area contributed by atoms with Crippen LogP contribution in [0.15, 0.2) is 18.2 Å². The first-order chi connectivity index (χ1) is 12.2. The lowest BCUT2D eigenvalue weighted by molar-refractivity contribution is -0.131. The number of carbonyl (C=O) groups is 2. The Balaban J connectivity index is 1.95. The standard InChI is InChI=1S/C19H28N2O5/c1-19(2,3)26-18(24)20-14-6-5-9-21(12-14)17(23)11-13-10-15(22)7-8-16(13)25-4/h7-8,10,14,22H,5-6,9,11-12H2,1-4H3,(H,20,24)/t14-/m0/s1. The van der Waals surface area contributed by atoms with Gasteiger partial charge < -0.3 is 24.8 Å². The number of likely N-dealkylation sites (tertiary alicyclic amines) is 1. The predicted octanol–water partition coefficient (Wildman–Crippen LogP) is 2.46. The molecule has 1 saturated heterocycles. The van der Waals surface area contributed by atoms with Crippen LogP contribution in [0.25, 0.3) is 0 Å². The third-order valence-corrected chi connectivity index (χ3v) is 4.10. The number of carbonyl (C=O) groups excluding carboxylic acids is 2. The average molecular weight is 364 g/mol. The summed E-state index contributed by atoms with van der Waals surface area (Å²) < 4.78 is 10.5. The summed E-state index contributed by atoms with van der Waals surface area (Å²) in [6.45, 7) is 6.52. The van der Waals surface area contributed by atoms with Gasteiger partial charge in [-0.1, -0.05) is 0 Å². The van der Waals surface area contributed by atoms with E-state index in [1.54, 1.807) is 11.0 Å². The number of aromatic hydroxyl groups is 1. The summed E-state index contributed by atoms with van der Waals surface area (Å²) in [6.07, 6.45) is 1.28. The van der Waals surface area contributed by atoms with E-state index in [2.05, 4.69) is 5.32 Å². The Bertz CT molecular complexity index is 654. The summed E-state index contributed by atoms with van der Waals surface area (Å²) in [4.78, 5) is 26.3. The molecule has 26 heavy (non-hydrogen) atoms. The summed E-state index contributed by atoms with van der Waals surface area (Å²) in [5.41, 5.74) is 0.0832. The summed E-state index contributed by atoms with van der Waals surface area (Å²) >= 11 is 0. The summed E-state index contributed by atoms with van der Waals surface area (Å²) in [6, 6.07) is 4.57. The zero-order chi connectivity index (χ0) is 19.3. The number of amides is 2. The quantitative estimate of drug-likeness (QED) is 0.857. The number of piperidine rings is 1. The van der Waals surface area contributed by atoms with E-state index in [-0.39, 0.29) is 24.1 Å². The third-order valence-electron chi connectivity index (χ3n) is 4.10. The minimum Gasteiger partial charge on any atom is -0.508 e. The maximum Gasteiger partial charge on any atom is 0.407 e. The molecule has 0 unspecified atom stereocenters. The van der Waals surface area contributed by atoms with Crippen LogP contribution in [0.5, 0.6) is 11.5 Å². The highest BCUT2D eigenvalue weighted by Crippen LogP contribution is 2.24. The largest absolute Gasteiger partial charge is 0.508 e. The van der Waals surface area contributed by atoms with Crippen LogP contribution in [0.4, 0.5) is 4.79 Å². The van der Waals surface area contributed by atoms with Crippen LogP contribution < -0.4 is 10.1 Å². The topological polar surface area (TPSA) is 88.1 Å². The number of methoxy groups -OCH3 is 1. The Labute approximate surface area is 154 Å². The van der Waals surface area contributed by atoms with Crippen LogP contribution in [0, 0.1) is 0 Å². The van der Waals surface area contributed by atoms with Crippen molar-refractivity contribution < 1.29 is 24.2 Å². The number of benzene rings is 1. The minimum absolute atomic E-state index is 0.0652.